The summed E-state index contributed by atoms with van der Waals surface area (Å²) in [7, 11) is 1.63. The highest BCUT2D eigenvalue weighted by Crippen LogP contribution is 2.32. The molecule has 2 heterocycles. The van der Waals surface area contributed by atoms with E-state index in [0.29, 0.717) is 17.5 Å². The van der Waals surface area contributed by atoms with Gasteiger partial charge in [0.1, 0.15) is 23.6 Å². The molecule has 0 spiro atoms. The molecule has 1 aliphatic heterocycles. The van der Waals surface area contributed by atoms with E-state index in [9.17, 15) is 4.79 Å². The number of anilines is 1. The lowest BCUT2D eigenvalue weighted by atomic mass is 10.1. The average Bonchev–Trinajstić information content (AvgIpc) is 3.53. The van der Waals surface area contributed by atoms with Crippen LogP contribution in [-0.2, 0) is 4.79 Å². The second kappa shape index (κ2) is 7.42. The van der Waals surface area contributed by atoms with Gasteiger partial charge >= 0.3 is 0 Å². The largest absolute Gasteiger partial charge is 0.497 e. The van der Waals surface area contributed by atoms with E-state index in [1.54, 1.807) is 7.11 Å². The van der Waals surface area contributed by atoms with Gasteiger partial charge in [-0.3, -0.25) is 4.79 Å². The molecule has 0 unspecified atom stereocenters. The lowest BCUT2D eigenvalue weighted by Crippen LogP contribution is -2.54. The molecule has 0 bridgehead atoms. The Bertz CT molecular complexity index is 807. The van der Waals surface area contributed by atoms with Gasteiger partial charge < -0.3 is 19.3 Å². The van der Waals surface area contributed by atoms with Gasteiger partial charge in [0.25, 0.3) is 0 Å². The molecule has 1 saturated carbocycles. The maximum atomic E-state index is 12.4. The number of hydrogen-bond donors (Lipinski definition) is 0. The lowest BCUT2D eigenvalue weighted by Gasteiger charge is -2.40. The third kappa shape index (κ3) is 3.97. The molecule has 1 saturated heterocycles. The molecule has 1 aromatic heterocycles. The number of hydrogen-bond acceptors (Lipinski definition) is 6. The molecular formula is C20H24N4O3. The lowest BCUT2D eigenvalue weighted by molar-refractivity contribution is -0.134. The van der Waals surface area contributed by atoms with Crippen LogP contribution < -0.4 is 14.4 Å². The maximum Gasteiger partial charge on any atom is 0.226 e. The SMILES string of the molecule is COc1ccc(Oc2cc(N3CCN(C(=O)C4CC4)[C@@H](C)C3)ncn2)cc1. The molecule has 2 aliphatic rings. The molecule has 1 aliphatic carbocycles. The molecule has 1 amide bonds. The Kier molecular flexibility index (Phi) is 4.83. The summed E-state index contributed by atoms with van der Waals surface area (Å²) in [4.78, 5) is 25.2. The molecule has 142 valence electrons. The predicted octanol–water partition coefficient (Wildman–Crippen LogP) is 2.72. The molecule has 2 aromatic rings. The molecule has 7 nitrogen and oxygen atoms in total. The summed E-state index contributed by atoms with van der Waals surface area (Å²) in [5.41, 5.74) is 0. The van der Waals surface area contributed by atoms with Gasteiger partial charge in [-0.25, -0.2) is 9.97 Å². The quantitative estimate of drug-likeness (QED) is 0.808. The Labute approximate surface area is 158 Å². The fraction of sp³-hybridized carbons (Fsp3) is 0.450. The van der Waals surface area contributed by atoms with Gasteiger partial charge in [-0.1, -0.05) is 0 Å². The van der Waals surface area contributed by atoms with Crippen molar-refractivity contribution in [2.75, 3.05) is 31.6 Å². The zero-order valence-corrected chi connectivity index (χ0v) is 15.7. The van der Waals surface area contributed by atoms with Crippen LogP contribution in [0.1, 0.15) is 19.8 Å². The van der Waals surface area contributed by atoms with Crippen LogP contribution in [0.2, 0.25) is 0 Å². The topological polar surface area (TPSA) is 67.8 Å². The van der Waals surface area contributed by atoms with Crippen LogP contribution in [-0.4, -0.2) is 53.6 Å². The second-order valence-electron chi connectivity index (χ2n) is 7.09. The van der Waals surface area contributed by atoms with Crippen molar-refractivity contribution in [3.8, 4) is 17.4 Å². The number of carbonyl (C=O) groups is 1. The predicted molar refractivity (Wildman–Crippen MR) is 101 cm³/mol. The van der Waals surface area contributed by atoms with Gasteiger partial charge in [-0.05, 0) is 44.0 Å². The van der Waals surface area contributed by atoms with Crippen molar-refractivity contribution in [3.63, 3.8) is 0 Å². The summed E-state index contributed by atoms with van der Waals surface area (Å²) >= 11 is 0. The Hall–Kier alpha value is -2.83. The van der Waals surface area contributed by atoms with Crippen molar-refractivity contribution < 1.29 is 14.3 Å². The first-order chi connectivity index (χ1) is 13.1. The van der Waals surface area contributed by atoms with Gasteiger partial charge in [0.15, 0.2) is 0 Å². The Morgan fingerprint density at radius 3 is 2.52 bits per heavy atom. The van der Waals surface area contributed by atoms with Crippen molar-refractivity contribution in [2.24, 2.45) is 5.92 Å². The van der Waals surface area contributed by atoms with E-state index in [0.717, 1.165) is 44.0 Å². The normalized spacial score (nSPS) is 19.7. The first-order valence-electron chi connectivity index (χ1n) is 9.33. The maximum absolute atomic E-state index is 12.4. The number of methoxy groups -OCH3 is 1. The van der Waals surface area contributed by atoms with E-state index < -0.39 is 0 Å². The van der Waals surface area contributed by atoms with Crippen LogP contribution in [0.4, 0.5) is 5.82 Å². The highest BCUT2D eigenvalue weighted by atomic mass is 16.5. The fourth-order valence-corrected chi connectivity index (χ4v) is 3.38. The number of amides is 1. The van der Waals surface area contributed by atoms with Gasteiger partial charge in [0.05, 0.1) is 7.11 Å². The van der Waals surface area contributed by atoms with E-state index in [-0.39, 0.29) is 12.0 Å². The van der Waals surface area contributed by atoms with Gasteiger partial charge in [-0.15, -0.1) is 0 Å². The molecule has 1 atom stereocenters. The number of nitrogens with zero attached hydrogens (tertiary/aromatic N) is 4. The van der Waals surface area contributed by atoms with Crippen LogP contribution >= 0.6 is 0 Å². The standard InChI is InChI=1S/C20H24N4O3/c1-14-12-23(9-10-24(14)20(25)15-3-4-15)18-11-19(22-13-21-18)27-17-7-5-16(26-2)6-8-17/h5-8,11,13-15H,3-4,9-10,12H2,1-2H3/t14-/m0/s1. The van der Waals surface area contributed by atoms with Crippen molar-refractivity contribution in [2.45, 2.75) is 25.8 Å². The monoisotopic (exact) mass is 368 g/mol. The highest BCUT2D eigenvalue weighted by Gasteiger charge is 2.37. The zero-order chi connectivity index (χ0) is 18.8. The van der Waals surface area contributed by atoms with Crippen LogP contribution in [0.15, 0.2) is 36.7 Å². The van der Waals surface area contributed by atoms with E-state index in [4.69, 9.17) is 9.47 Å². The third-order valence-corrected chi connectivity index (χ3v) is 5.07. The van der Waals surface area contributed by atoms with Crippen molar-refractivity contribution in [1.82, 2.24) is 14.9 Å². The van der Waals surface area contributed by atoms with Crippen LogP contribution in [0.25, 0.3) is 0 Å². The minimum atomic E-state index is 0.174. The Balaban J connectivity index is 1.42. The number of rotatable bonds is 5. The number of carbonyl (C=O) groups excluding carboxylic acids is 1. The number of ether oxygens (including phenoxy) is 2. The molecular weight excluding hydrogens is 344 g/mol. The summed E-state index contributed by atoms with van der Waals surface area (Å²) < 4.78 is 11.0. The van der Waals surface area contributed by atoms with Gasteiger partial charge in [0.2, 0.25) is 11.8 Å². The van der Waals surface area contributed by atoms with E-state index >= 15 is 0 Å². The Morgan fingerprint density at radius 1 is 1.11 bits per heavy atom. The minimum absolute atomic E-state index is 0.174. The fourth-order valence-electron chi connectivity index (χ4n) is 3.38. The summed E-state index contributed by atoms with van der Waals surface area (Å²) in [6.45, 7) is 4.36. The van der Waals surface area contributed by atoms with Crippen molar-refractivity contribution in [3.05, 3.63) is 36.7 Å². The van der Waals surface area contributed by atoms with Crippen LogP contribution in [0, 0.1) is 5.92 Å². The molecule has 27 heavy (non-hydrogen) atoms. The minimum Gasteiger partial charge on any atom is -0.497 e. The molecule has 4 rings (SSSR count). The molecule has 0 N–H and O–H groups in total. The van der Waals surface area contributed by atoms with Gasteiger partial charge in [-0.2, -0.15) is 0 Å². The first-order valence-corrected chi connectivity index (χ1v) is 9.33. The smallest absolute Gasteiger partial charge is 0.226 e. The molecule has 0 radical (unpaired) electrons. The highest BCUT2D eigenvalue weighted by molar-refractivity contribution is 5.81. The van der Waals surface area contributed by atoms with Gasteiger partial charge in [0, 0.05) is 37.7 Å². The molecule has 2 fully saturated rings. The third-order valence-electron chi connectivity index (χ3n) is 5.07. The summed E-state index contributed by atoms with van der Waals surface area (Å²) in [6, 6.07) is 9.38. The zero-order valence-electron chi connectivity index (χ0n) is 15.7. The second-order valence-corrected chi connectivity index (χ2v) is 7.09. The van der Waals surface area contributed by atoms with Crippen LogP contribution in [0.5, 0.6) is 17.4 Å². The number of piperazine rings is 1. The Morgan fingerprint density at radius 2 is 1.85 bits per heavy atom. The molecule has 1 aromatic carbocycles. The van der Waals surface area contributed by atoms with E-state index in [1.807, 2.05) is 35.2 Å². The van der Waals surface area contributed by atoms with E-state index in [1.165, 1.54) is 6.33 Å². The average molecular weight is 368 g/mol. The molecule has 7 heteroatoms. The first kappa shape index (κ1) is 17.6. The number of benzene rings is 1. The van der Waals surface area contributed by atoms with Crippen molar-refractivity contribution >= 4 is 11.7 Å². The van der Waals surface area contributed by atoms with Crippen LogP contribution in [0.3, 0.4) is 0 Å². The van der Waals surface area contributed by atoms with Crippen molar-refractivity contribution in [1.29, 1.82) is 0 Å². The number of aromatic nitrogens is 2. The summed E-state index contributed by atoms with van der Waals surface area (Å²) in [5, 5.41) is 0. The summed E-state index contributed by atoms with van der Waals surface area (Å²) in [5.74, 6) is 3.36. The summed E-state index contributed by atoms with van der Waals surface area (Å²) in [6.07, 6.45) is 3.61. The van der Waals surface area contributed by atoms with E-state index in [2.05, 4.69) is 21.8 Å².